The summed E-state index contributed by atoms with van der Waals surface area (Å²) in [6.45, 7) is 0.793. The van der Waals surface area contributed by atoms with Crippen LogP contribution in [-0.4, -0.2) is 30.2 Å². The number of aliphatic hydroxyl groups excluding tert-OH is 1. The molecule has 2 aliphatic rings. The van der Waals surface area contributed by atoms with Crippen molar-refractivity contribution in [3.8, 4) is 0 Å². The number of hydrogen-bond acceptors (Lipinski definition) is 3. The van der Waals surface area contributed by atoms with Crippen LogP contribution < -0.4 is 11.1 Å². The van der Waals surface area contributed by atoms with Crippen molar-refractivity contribution in [1.29, 1.82) is 0 Å². The fourth-order valence-corrected chi connectivity index (χ4v) is 2.78. The molecule has 2 rings (SSSR count). The summed E-state index contributed by atoms with van der Waals surface area (Å²) in [5, 5.41) is 12.4. The van der Waals surface area contributed by atoms with Crippen molar-refractivity contribution in [3.05, 3.63) is 0 Å². The van der Waals surface area contributed by atoms with Gasteiger partial charge >= 0.3 is 0 Å². The van der Waals surface area contributed by atoms with Gasteiger partial charge < -0.3 is 16.2 Å². The first kappa shape index (κ1) is 12.8. The standard InChI is InChI=1S/C13H24N2O2/c14-11(10-3-4-10)7-12(17)15-8-13(9-16)5-1-2-6-13/h10-11,16H,1-9,14H2,(H,15,17). The molecule has 2 aliphatic carbocycles. The molecular weight excluding hydrogens is 216 g/mol. The maximum Gasteiger partial charge on any atom is 0.221 e. The van der Waals surface area contributed by atoms with Crippen LogP contribution in [0.4, 0.5) is 0 Å². The highest BCUT2D eigenvalue weighted by Gasteiger charge is 2.34. The van der Waals surface area contributed by atoms with Gasteiger partial charge in [0.25, 0.3) is 0 Å². The Labute approximate surface area is 103 Å². The molecule has 2 fully saturated rings. The molecule has 1 amide bonds. The van der Waals surface area contributed by atoms with Gasteiger partial charge in [-0.05, 0) is 31.6 Å². The summed E-state index contributed by atoms with van der Waals surface area (Å²) in [4.78, 5) is 11.7. The second kappa shape index (κ2) is 5.36. The highest BCUT2D eigenvalue weighted by molar-refractivity contribution is 5.76. The average Bonchev–Trinajstić information content (AvgIpc) is 3.07. The number of carbonyl (C=O) groups is 1. The quantitative estimate of drug-likeness (QED) is 0.642. The minimum Gasteiger partial charge on any atom is -0.396 e. The first-order chi connectivity index (χ1) is 8.15. The van der Waals surface area contributed by atoms with Crippen LogP contribution in [0.25, 0.3) is 0 Å². The molecule has 1 unspecified atom stereocenters. The van der Waals surface area contributed by atoms with Gasteiger partial charge in [0.05, 0.1) is 6.61 Å². The van der Waals surface area contributed by atoms with Gasteiger partial charge in [-0.25, -0.2) is 0 Å². The van der Waals surface area contributed by atoms with E-state index in [0.717, 1.165) is 25.7 Å². The van der Waals surface area contributed by atoms with E-state index in [2.05, 4.69) is 5.32 Å². The van der Waals surface area contributed by atoms with Crippen LogP contribution in [0, 0.1) is 11.3 Å². The van der Waals surface area contributed by atoms with Crippen LogP contribution in [0.2, 0.25) is 0 Å². The molecule has 0 aromatic heterocycles. The third-order valence-electron chi connectivity index (χ3n) is 4.31. The lowest BCUT2D eigenvalue weighted by molar-refractivity contribution is -0.122. The zero-order valence-corrected chi connectivity index (χ0v) is 10.5. The Kier molecular flexibility index (Phi) is 4.05. The molecule has 4 heteroatoms. The SMILES string of the molecule is NC(CC(=O)NCC1(CO)CCCC1)C1CC1. The number of nitrogens with one attached hydrogen (secondary N) is 1. The van der Waals surface area contributed by atoms with E-state index < -0.39 is 0 Å². The van der Waals surface area contributed by atoms with Gasteiger partial charge in [-0.15, -0.1) is 0 Å². The molecule has 0 spiro atoms. The van der Waals surface area contributed by atoms with E-state index >= 15 is 0 Å². The Balaban J connectivity index is 1.71. The van der Waals surface area contributed by atoms with Crippen molar-refractivity contribution < 1.29 is 9.90 Å². The van der Waals surface area contributed by atoms with Crippen LogP contribution in [0.3, 0.4) is 0 Å². The van der Waals surface area contributed by atoms with Crippen molar-refractivity contribution in [3.63, 3.8) is 0 Å². The van der Waals surface area contributed by atoms with Crippen molar-refractivity contribution in [2.75, 3.05) is 13.2 Å². The summed E-state index contributed by atoms with van der Waals surface area (Å²) in [5.41, 5.74) is 5.86. The van der Waals surface area contributed by atoms with Gasteiger partial charge in [0.15, 0.2) is 0 Å². The first-order valence-corrected chi connectivity index (χ1v) is 6.78. The van der Waals surface area contributed by atoms with Crippen molar-refractivity contribution >= 4 is 5.91 Å². The molecule has 17 heavy (non-hydrogen) atoms. The largest absolute Gasteiger partial charge is 0.396 e. The van der Waals surface area contributed by atoms with Crippen molar-refractivity contribution in [2.24, 2.45) is 17.1 Å². The molecule has 0 aliphatic heterocycles. The van der Waals surface area contributed by atoms with E-state index in [1.165, 1.54) is 12.8 Å². The van der Waals surface area contributed by atoms with Crippen molar-refractivity contribution in [2.45, 2.75) is 51.0 Å². The average molecular weight is 240 g/mol. The maximum absolute atomic E-state index is 11.7. The number of nitrogens with two attached hydrogens (primary N) is 1. The second-order valence-electron chi connectivity index (χ2n) is 5.85. The van der Waals surface area contributed by atoms with Gasteiger partial charge in [0, 0.05) is 24.4 Å². The monoisotopic (exact) mass is 240 g/mol. The summed E-state index contributed by atoms with van der Waals surface area (Å²) in [5.74, 6) is 0.614. The van der Waals surface area contributed by atoms with Crippen LogP contribution in [-0.2, 0) is 4.79 Å². The molecule has 0 aromatic rings. The molecule has 4 nitrogen and oxygen atoms in total. The lowest BCUT2D eigenvalue weighted by Gasteiger charge is -2.26. The van der Waals surface area contributed by atoms with Gasteiger partial charge in [0.2, 0.25) is 5.91 Å². The Hall–Kier alpha value is -0.610. The third kappa shape index (κ3) is 3.42. The first-order valence-electron chi connectivity index (χ1n) is 6.78. The number of aliphatic hydroxyl groups is 1. The van der Waals surface area contributed by atoms with Gasteiger partial charge in [-0.2, -0.15) is 0 Å². The Bertz CT molecular complexity index is 271. The molecule has 0 heterocycles. The van der Waals surface area contributed by atoms with Gasteiger partial charge in [-0.3, -0.25) is 4.79 Å². The number of hydrogen-bond donors (Lipinski definition) is 3. The molecule has 4 N–H and O–H groups in total. The molecule has 98 valence electrons. The number of carbonyl (C=O) groups excluding carboxylic acids is 1. The predicted molar refractivity (Wildman–Crippen MR) is 66.3 cm³/mol. The molecule has 0 bridgehead atoms. The fraction of sp³-hybridized carbons (Fsp3) is 0.923. The van der Waals surface area contributed by atoms with E-state index in [9.17, 15) is 9.90 Å². The van der Waals surface area contributed by atoms with Crippen LogP contribution in [0.1, 0.15) is 44.9 Å². The number of amides is 1. The lowest BCUT2D eigenvalue weighted by atomic mass is 9.87. The summed E-state index contributed by atoms with van der Waals surface area (Å²) in [6.07, 6.45) is 7.17. The second-order valence-corrected chi connectivity index (χ2v) is 5.85. The van der Waals surface area contributed by atoms with E-state index in [1.807, 2.05) is 0 Å². The predicted octanol–water partition coefficient (Wildman–Crippen LogP) is 0.783. The molecular formula is C13H24N2O2. The highest BCUT2D eigenvalue weighted by atomic mass is 16.3. The minimum absolute atomic E-state index is 0.0312. The summed E-state index contributed by atoms with van der Waals surface area (Å²) in [7, 11) is 0. The normalized spacial score (nSPS) is 24.6. The zero-order chi connectivity index (χ0) is 12.3. The Morgan fingerprint density at radius 2 is 2.06 bits per heavy atom. The number of rotatable bonds is 6. The lowest BCUT2D eigenvalue weighted by Crippen LogP contribution is -2.40. The van der Waals surface area contributed by atoms with E-state index in [4.69, 9.17) is 5.73 Å². The zero-order valence-electron chi connectivity index (χ0n) is 10.5. The third-order valence-corrected chi connectivity index (χ3v) is 4.31. The van der Waals surface area contributed by atoms with Crippen molar-refractivity contribution in [1.82, 2.24) is 5.32 Å². The molecule has 0 radical (unpaired) electrons. The van der Waals surface area contributed by atoms with E-state index in [-0.39, 0.29) is 24.0 Å². The van der Waals surface area contributed by atoms with Crippen LogP contribution in [0.5, 0.6) is 0 Å². The Morgan fingerprint density at radius 1 is 1.41 bits per heavy atom. The van der Waals surface area contributed by atoms with Gasteiger partial charge in [-0.1, -0.05) is 12.8 Å². The molecule has 2 saturated carbocycles. The highest BCUT2D eigenvalue weighted by Crippen LogP contribution is 2.37. The van der Waals surface area contributed by atoms with Crippen LogP contribution >= 0.6 is 0 Å². The van der Waals surface area contributed by atoms with E-state index in [1.54, 1.807) is 0 Å². The molecule has 1 atom stereocenters. The van der Waals surface area contributed by atoms with Crippen LogP contribution in [0.15, 0.2) is 0 Å². The maximum atomic E-state index is 11.7. The van der Waals surface area contributed by atoms with E-state index in [0.29, 0.717) is 18.9 Å². The smallest absolute Gasteiger partial charge is 0.221 e. The Morgan fingerprint density at radius 3 is 2.59 bits per heavy atom. The minimum atomic E-state index is -0.0562. The summed E-state index contributed by atoms with van der Waals surface area (Å²) < 4.78 is 0. The summed E-state index contributed by atoms with van der Waals surface area (Å²) >= 11 is 0. The molecule has 0 saturated heterocycles. The molecule has 0 aromatic carbocycles. The summed E-state index contributed by atoms with van der Waals surface area (Å²) in [6, 6.07) is 0.0312. The fourth-order valence-electron chi connectivity index (χ4n) is 2.78. The van der Waals surface area contributed by atoms with Gasteiger partial charge in [0.1, 0.15) is 0 Å². The topological polar surface area (TPSA) is 75.4 Å².